The minimum absolute atomic E-state index is 0.00742. The standard InChI is InChI=1S/C16H16BNO3S/c1-2-16(19)18-12-4-7-13(8-5-12)22-14-6-3-11-10-21-17(20)15(11)9-14/h3-9,20H,2,10H2,1H3,(H,18,19). The predicted octanol–water partition coefficient (Wildman–Crippen LogP) is 2.40. The van der Waals surface area contributed by atoms with Crippen LogP contribution in [0.3, 0.4) is 0 Å². The van der Waals surface area contributed by atoms with Crippen molar-refractivity contribution in [1.82, 2.24) is 0 Å². The third-order valence-electron chi connectivity index (χ3n) is 3.47. The van der Waals surface area contributed by atoms with E-state index in [-0.39, 0.29) is 5.91 Å². The van der Waals surface area contributed by atoms with E-state index in [0.29, 0.717) is 13.0 Å². The van der Waals surface area contributed by atoms with E-state index in [2.05, 4.69) is 5.32 Å². The number of nitrogens with one attached hydrogen (secondary N) is 1. The topological polar surface area (TPSA) is 58.6 Å². The number of amides is 1. The van der Waals surface area contributed by atoms with Gasteiger partial charge in [0, 0.05) is 21.9 Å². The van der Waals surface area contributed by atoms with Gasteiger partial charge in [0.25, 0.3) is 0 Å². The number of rotatable bonds is 4. The summed E-state index contributed by atoms with van der Waals surface area (Å²) in [6.07, 6.45) is 0.468. The molecule has 4 nitrogen and oxygen atoms in total. The van der Waals surface area contributed by atoms with E-state index in [1.165, 1.54) is 0 Å². The van der Waals surface area contributed by atoms with Crippen LogP contribution in [-0.2, 0) is 16.1 Å². The lowest BCUT2D eigenvalue weighted by Crippen LogP contribution is -2.27. The molecule has 0 bridgehead atoms. The summed E-state index contributed by atoms with van der Waals surface area (Å²) in [4.78, 5) is 13.5. The van der Waals surface area contributed by atoms with Crippen molar-refractivity contribution >= 4 is 35.9 Å². The zero-order chi connectivity index (χ0) is 15.5. The molecule has 2 aromatic rings. The van der Waals surface area contributed by atoms with Crippen LogP contribution in [0.1, 0.15) is 18.9 Å². The van der Waals surface area contributed by atoms with E-state index in [1.54, 1.807) is 11.8 Å². The predicted molar refractivity (Wildman–Crippen MR) is 88.3 cm³/mol. The summed E-state index contributed by atoms with van der Waals surface area (Å²) >= 11 is 1.61. The van der Waals surface area contributed by atoms with Gasteiger partial charge in [-0.15, -0.1) is 0 Å². The van der Waals surface area contributed by atoms with Crippen molar-refractivity contribution in [2.24, 2.45) is 0 Å². The Bertz CT molecular complexity index is 690. The minimum atomic E-state index is -0.817. The lowest BCUT2D eigenvalue weighted by atomic mass is 9.80. The molecule has 0 aromatic heterocycles. The molecule has 1 aliphatic rings. The monoisotopic (exact) mass is 313 g/mol. The minimum Gasteiger partial charge on any atom is -0.423 e. The maximum Gasteiger partial charge on any atom is 0.491 e. The first kappa shape index (κ1) is 15.2. The van der Waals surface area contributed by atoms with Crippen LogP contribution < -0.4 is 10.8 Å². The number of benzene rings is 2. The van der Waals surface area contributed by atoms with Crippen molar-refractivity contribution in [1.29, 1.82) is 0 Å². The number of hydrogen-bond acceptors (Lipinski definition) is 4. The normalized spacial score (nSPS) is 13.1. The van der Waals surface area contributed by atoms with Gasteiger partial charge in [0.15, 0.2) is 0 Å². The van der Waals surface area contributed by atoms with Crippen molar-refractivity contribution in [3.05, 3.63) is 48.0 Å². The van der Waals surface area contributed by atoms with Crippen LogP contribution in [0, 0.1) is 0 Å². The third kappa shape index (κ3) is 3.35. The highest BCUT2D eigenvalue weighted by Gasteiger charge is 2.27. The fraction of sp³-hybridized carbons (Fsp3) is 0.188. The van der Waals surface area contributed by atoms with Crippen molar-refractivity contribution in [2.75, 3.05) is 5.32 Å². The first-order chi connectivity index (χ1) is 10.7. The molecule has 0 saturated heterocycles. The Hall–Kier alpha value is -1.76. The van der Waals surface area contributed by atoms with E-state index in [9.17, 15) is 9.82 Å². The fourth-order valence-electron chi connectivity index (χ4n) is 2.25. The summed E-state index contributed by atoms with van der Waals surface area (Å²) in [5, 5.41) is 12.6. The van der Waals surface area contributed by atoms with Crippen molar-refractivity contribution in [3.63, 3.8) is 0 Å². The highest BCUT2D eigenvalue weighted by atomic mass is 32.2. The quantitative estimate of drug-likeness (QED) is 0.851. The maximum atomic E-state index is 11.3. The Labute approximate surface area is 134 Å². The van der Waals surface area contributed by atoms with E-state index in [4.69, 9.17) is 4.65 Å². The van der Waals surface area contributed by atoms with Crippen molar-refractivity contribution in [2.45, 2.75) is 29.7 Å². The molecular formula is C16H16BNO3S. The second kappa shape index (κ2) is 6.56. The molecule has 1 amide bonds. The van der Waals surface area contributed by atoms with Gasteiger partial charge in [-0.25, -0.2) is 0 Å². The second-order valence-corrected chi connectivity index (χ2v) is 6.20. The molecule has 22 heavy (non-hydrogen) atoms. The van der Waals surface area contributed by atoms with Gasteiger partial charge in [-0.05, 0) is 47.4 Å². The Morgan fingerprint density at radius 1 is 1.27 bits per heavy atom. The van der Waals surface area contributed by atoms with Crippen LogP contribution in [0.15, 0.2) is 52.3 Å². The second-order valence-electron chi connectivity index (χ2n) is 5.05. The molecule has 0 radical (unpaired) electrons. The lowest BCUT2D eigenvalue weighted by molar-refractivity contribution is -0.115. The van der Waals surface area contributed by atoms with Crippen LogP contribution in [0.2, 0.25) is 0 Å². The Morgan fingerprint density at radius 2 is 2.00 bits per heavy atom. The number of carbonyl (C=O) groups excluding carboxylic acids is 1. The zero-order valence-electron chi connectivity index (χ0n) is 12.2. The molecule has 1 heterocycles. The van der Waals surface area contributed by atoms with E-state index in [1.807, 2.05) is 49.4 Å². The summed E-state index contributed by atoms with van der Waals surface area (Å²) < 4.78 is 5.20. The van der Waals surface area contributed by atoms with E-state index < -0.39 is 7.12 Å². The first-order valence-corrected chi connectivity index (χ1v) is 7.97. The van der Waals surface area contributed by atoms with Crippen molar-refractivity contribution in [3.8, 4) is 0 Å². The SMILES string of the molecule is CCC(=O)Nc1ccc(Sc2ccc3c(c2)B(O)OC3)cc1. The third-order valence-corrected chi connectivity index (χ3v) is 4.47. The Balaban J connectivity index is 1.71. The molecule has 0 aliphatic carbocycles. The molecule has 0 atom stereocenters. The number of fused-ring (bicyclic) bond motifs is 1. The van der Waals surface area contributed by atoms with Crippen LogP contribution in [0.25, 0.3) is 0 Å². The smallest absolute Gasteiger partial charge is 0.423 e. The van der Waals surface area contributed by atoms with Crippen LogP contribution in [-0.4, -0.2) is 18.0 Å². The highest BCUT2D eigenvalue weighted by Crippen LogP contribution is 2.29. The Morgan fingerprint density at radius 3 is 2.73 bits per heavy atom. The molecule has 0 unspecified atom stereocenters. The highest BCUT2D eigenvalue weighted by molar-refractivity contribution is 7.99. The molecule has 0 fully saturated rings. The molecule has 2 N–H and O–H groups in total. The van der Waals surface area contributed by atoms with Gasteiger partial charge < -0.3 is 15.0 Å². The molecule has 0 spiro atoms. The van der Waals surface area contributed by atoms with E-state index >= 15 is 0 Å². The largest absolute Gasteiger partial charge is 0.491 e. The average molecular weight is 313 g/mol. The number of hydrogen-bond donors (Lipinski definition) is 2. The van der Waals surface area contributed by atoms with Crippen molar-refractivity contribution < 1.29 is 14.5 Å². The van der Waals surface area contributed by atoms with Crippen LogP contribution in [0.5, 0.6) is 0 Å². The summed E-state index contributed by atoms with van der Waals surface area (Å²) in [5.74, 6) is 0.00742. The van der Waals surface area contributed by atoms with Gasteiger partial charge in [0.05, 0.1) is 6.61 Å². The average Bonchev–Trinajstić information content (AvgIpc) is 2.90. The summed E-state index contributed by atoms with van der Waals surface area (Å²) in [7, 11) is -0.817. The zero-order valence-corrected chi connectivity index (χ0v) is 13.0. The van der Waals surface area contributed by atoms with Gasteiger partial charge >= 0.3 is 7.12 Å². The van der Waals surface area contributed by atoms with Crippen LogP contribution in [0.4, 0.5) is 5.69 Å². The fourth-order valence-corrected chi connectivity index (χ4v) is 3.11. The molecule has 6 heteroatoms. The summed E-state index contributed by atoms with van der Waals surface area (Å²) in [5.41, 5.74) is 2.68. The summed E-state index contributed by atoms with van der Waals surface area (Å²) in [6.45, 7) is 2.29. The lowest BCUT2D eigenvalue weighted by Gasteiger charge is -2.07. The van der Waals surface area contributed by atoms with E-state index in [0.717, 1.165) is 26.5 Å². The molecule has 1 aliphatic heterocycles. The number of anilines is 1. The molecule has 112 valence electrons. The Kier molecular flexibility index (Phi) is 4.52. The molecular weight excluding hydrogens is 297 g/mol. The number of carbonyl (C=O) groups is 1. The molecule has 0 saturated carbocycles. The van der Waals surface area contributed by atoms with Gasteiger partial charge in [-0.2, -0.15) is 0 Å². The van der Waals surface area contributed by atoms with Gasteiger partial charge in [-0.3, -0.25) is 4.79 Å². The van der Waals surface area contributed by atoms with Gasteiger partial charge in [-0.1, -0.05) is 24.8 Å². The van der Waals surface area contributed by atoms with Crippen LogP contribution >= 0.6 is 11.8 Å². The molecule has 2 aromatic carbocycles. The molecule has 3 rings (SSSR count). The maximum absolute atomic E-state index is 11.3. The first-order valence-electron chi connectivity index (χ1n) is 7.16. The van der Waals surface area contributed by atoms with Gasteiger partial charge in [0.2, 0.25) is 5.91 Å². The summed E-state index contributed by atoms with van der Waals surface area (Å²) in [6, 6.07) is 13.7. The van der Waals surface area contributed by atoms with Gasteiger partial charge in [0.1, 0.15) is 0 Å².